The van der Waals surface area contributed by atoms with Gasteiger partial charge in [-0.1, -0.05) is 0 Å². The molecule has 0 aromatic heterocycles. The van der Waals surface area contributed by atoms with Crippen LogP contribution in [0, 0.1) is 5.82 Å². The predicted octanol–water partition coefficient (Wildman–Crippen LogP) is 2.58. The fourth-order valence-electron chi connectivity index (χ4n) is 2.69. The fraction of sp³-hybridized carbons (Fsp3) is 0.278. The molecule has 5 nitrogen and oxygen atoms in total. The minimum atomic E-state index is -0.287. The normalized spacial score (nSPS) is 15.4. The van der Waals surface area contributed by atoms with E-state index in [1.165, 1.54) is 19.2 Å². The lowest BCUT2D eigenvalue weighted by Crippen LogP contribution is -2.34. The first kappa shape index (κ1) is 16.1. The van der Waals surface area contributed by atoms with Crippen molar-refractivity contribution in [1.82, 2.24) is 5.32 Å². The van der Waals surface area contributed by atoms with E-state index >= 15 is 0 Å². The molecule has 1 amide bonds. The molecular formula is C18H18FNO4. The lowest BCUT2D eigenvalue weighted by molar-refractivity contribution is 0.0930. The Kier molecular flexibility index (Phi) is 4.55. The highest BCUT2D eigenvalue weighted by atomic mass is 19.1. The van der Waals surface area contributed by atoms with Gasteiger partial charge in [0.1, 0.15) is 29.2 Å². The third-order valence-electron chi connectivity index (χ3n) is 3.91. The number of methoxy groups -OCH3 is 2. The summed E-state index contributed by atoms with van der Waals surface area (Å²) in [5, 5.41) is 2.82. The molecule has 0 saturated carbocycles. The molecule has 24 heavy (non-hydrogen) atoms. The quantitative estimate of drug-likeness (QED) is 0.915. The predicted molar refractivity (Wildman–Crippen MR) is 86.4 cm³/mol. The Morgan fingerprint density at radius 1 is 1.25 bits per heavy atom. The molecule has 1 atom stereocenters. The summed E-state index contributed by atoms with van der Waals surface area (Å²) in [6.45, 7) is 0.324. The van der Waals surface area contributed by atoms with Crippen LogP contribution in [0.2, 0.25) is 0 Å². The number of hydrogen-bond donors (Lipinski definition) is 1. The topological polar surface area (TPSA) is 56.8 Å². The lowest BCUT2D eigenvalue weighted by atomic mass is 10.1. The van der Waals surface area contributed by atoms with Crippen LogP contribution in [-0.2, 0) is 6.42 Å². The van der Waals surface area contributed by atoms with Gasteiger partial charge in [-0.05, 0) is 30.3 Å². The SMILES string of the molecule is COc1ccc(C(=O)NCC2Cc3cc(F)ccc3O2)c(OC)c1. The molecular weight excluding hydrogens is 313 g/mol. The van der Waals surface area contributed by atoms with Crippen molar-refractivity contribution in [3.63, 3.8) is 0 Å². The van der Waals surface area contributed by atoms with E-state index in [1.54, 1.807) is 31.4 Å². The van der Waals surface area contributed by atoms with E-state index in [2.05, 4.69) is 5.32 Å². The summed E-state index contributed by atoms with van der Waals surface area (Å²) in [5.74, 6) is 1.16. The Bertz CT molecular complexity index is 763. The van der Waals surface area contributed by atoms with Gasteiger partial charge in [0.2, 0.25) is 0 Å². The van der Waals surface area contributed by atoms with Gasteiger partial charge < -0.3 is 19.5 Å². The Morgan fingerprint density at radius 3 is 2.83 bits per heavy atom. The Hall–Kier alpha value is -2.76. The Balaban J connectivity index is 1.63. The average molecular weight is 331 g/mol. The van der Waals surface area contributed by atoms with Crippen LogP contribution < -0.4 is 19.5 Å². The zero-order chi connectivity index (χ0) is 17.1. The molecule has 126 valence electrons. The number of carbonyl (C=O) groups is 1. The molecule has 2 aromatic rings. The molecule has 1 aliphatic rings. The molecule has 1 heterocycles. The maximum atomic E-state index is 13.2. The summed E-state index contributed by atoms with van der Waals surface area (Å²) in [5.41, 5.74) is 1.23. The number of amides is 1. The van der Waals surface area contributed by atoms with Crippen molar-refractivity contribution >= 4 is 5.91 Å². The average Bonchev–Trinajstić information content (AvgIpc) is 3.00. The minimum Gasteiger partial charge on any atom is -0.497 e. The number of ether oxygens (including phenoxy) is 3. The van der Waals surface area contributed by atoms with Crippen molar-refractivity contribution in [2.75, 3.05) is 20.8 Å². The van der Waals surface area contributed by atoms with Crippen molar-refractivity contribution < 1.29 is 23.4 Å². The Labute approximate surface area is 139 Å². The van der Waals surface area contributed by atoms with Crippen LogP contribution in [0.4, 0.5) is 4.39 Å². The van der Waals surface area contributed by atoms with Gasteiger partial charge in [-0.15, -0.1) is 0 Å². The molecule has 0 aliphatic carbocycles. The van der Waals surface area contributed by atoms with Crippen molar-refractivity contribution in [3.8, 4) is 17.2 Å². The number of carbonyl (C=O) groups excluding carboxylic acids is 1. The van der Waals surface area contributed by atoms with Gasteiger partial charge in [-0.3, -0.25) is 4.79 Å². The molecule has 0 saturated heterocycles. The first-order valence-corrected chi connectivity index (χ1v) is 7.56. The highest BCUT2D eigenvalue weighted by Crippen LogP contribution is 2.29. The second kappa shape index (κ2) is 6.78. The van der Waals surface area contributed by atoms with Crippen molar-refractivity contribution in [2.24, 2.45) is 0 Å². The van der Waals surface area contributed by atoms with Crippen LogP contribution in [0.1, 0.15) is 15.9 Å². The molecule has 6 heteroatoms. The van der Waals surface area contributed by atoms with E-state index < -0.39 is 0 Å². The van der Waals surface area contributed by atoms with E-state index in [9.17, 15) is 9.18 Å². The van der Waals surface area contributed by atoms with Gasteiger partial charge in [-0.25, -0.2) is 4.39 Å². The van der Waals surface area contributed by atoms with Gasteiger partial charge in [-0.2, -0.15) is 0 Å². The fourth-order valence-corrected chi connectivity index (χ4v) is 2.69. The third kappa shape index (κ3) is 3.27. The molecule has 0 radical (unpaired) electrons. The minimum absolute atomic E-state index is 0.213. The van der Waals surface area contributed by atoms with Crippen molar-refractivity contribution in [3.05, 3.63) is 53.3 Å². The second-order valence-electron chi connectivity index (χ2n) is 5.47. The maximum absolute atomic E-state index is 13.2. The summed E-state index contributed by atoms with van der Waals surface area (Å²) in [7, 11) is 3.04. The molecule has 1 unspecified atom stereocenters. The summed E-state index contributed by atoms with van der Waals surface area (Å²) in [4.78, 5) is 12.4. The monoisotopic (exact) mass is 331 g/mol. The lowest BCUT2D eigenvalue weighted by Gasteiger charge is -2.14. The number of fused-ring (bicyclic) bond motifs is 1. The molecule has 1 aliphatic heterocycles. The van der Waals surface area contributed by atoms with Crippen LogP contribution in [0.25, 0.3) is 0 Å². The number of rotatable bonds is 5. The van der Waals surface area contributed by atoms with Crippen LogP contribution in [0.3, 0.4) is 0 Å². The van der Waals surface area contributed by atoms with E-state index in [0.29, 0.717) is 35.8 Å². The summed E-state index contributed by atoms with van der Waals surface area (Å²) in [6, 6.07) is 9.43. The largest absolute Gasteiger partial charge is 0.497 e. The highest BCUT2D eigenvalue weighted by molar-refractivity contribution is 5.97. The number of hydrogen-bond acceptors (Lipinski definition) is 4. The van der Waals surface area contributed by atoms with Gasteiger partial charge in [0.05, 0.1) is 26.3 Å². The first-order chi connectivity index (χ1) is 11.6. The van der Waals surface area contributed by atoms with Crippen molar-refractivity contribution in [2.45, 2.75) is 12.5 Å². The number of benzene rings is 2. The molecule has 1 N–H and O–H groups in total. The summed E-state index contributed by atoms with van der Waals surface area (Å²) < 4.78 is 29.3. The molecule has 0 fully saturated rings. The molecule has 3 rings (SSSR count). The van der Waals surface area contributed by atoms with Gasteiger partial charge in [0.15, 0.2) is 0 Å². The summed E-state index contributed by atoms with van der Waals surface area (Å²) >= 11 is 0. The van der Waals surface area contributed by atoms with E-state index in [4.69, 9.17) is 14.2 Å². The van der Waals surface area contributed by atoms with Gasteiger partial charge in [0.25, 0.3) is 5.91 Å². The second-order valence-corrected chi connectivity index (χ2v) is 5.47. The molecule has 2 aromatic carbocycles. The zero-order valence-electron chi connectivity index (χ0n) is 13.5. The van der Waals surface area contributed by atoms with E-state index in [-0.39, 0.29) is 17.8 Å². The summed E-state index contributed by atoms with van der Waals surface area (Å²) in [6.07, 6.45) is 0.350. The first-order valence-electron chi connectivity index (χ1n) is 7.56. The molecule has 0 spiro atoms. The molecule has 0 bridgehead atoms. The Morgan fingerprint density at radius 2 is 2.08 bits per heavy atom. The maximum Gasteiger partial charge on any atom is 0.255 e. The third-order valence-corrected chi connectivity index (χ3v) is 3.91. The van der Waals surface area contributed by atoms with Crippen LogP contribution in [-0.4, -0.2) is 32.8 Å². The zero-order valence-corrected chi connectivity index (χ0v) is 13.5. The van der Waals surface area contributed by atoms with Crippen LogP contribution in [0.15, 0.2) is 36.4 Å². The van der Waals surface area contributed by atoms with E-state index in [1.807, 2.05) is 0 Å². The van der Waals surface area contributed by atoms with Gasteiger partial charge >= 0.3 is 0 Å². The standard InChI is InChI=1S/C18H18FNO4/c1-22-13-4-5-15(17(9-13)23-2)18(21)20-10-14-8-11-7-12(19)3-6-16(11)24-14/h3-7,9,14H,8,10H2,1-2H3,(H,20,21). The smallest absolute Gasteiger partial charge is 0.255 e. The van der Waals surface area contributed by atoms with Gasteiger partial charge in [0, 0.05) is 18.1 Å². The van der Waals surface area contributed by atoms with Crippen LogP contribution in [0.5, 0.6) is 17.2 Å². The number of nitrogens with one attached hydrogen (secondary N) is 1. The van der Waals surface area contributed by atoms with Crippen LogP contribution >= 0.6 is 0 Å². The highest BCUT2D eigenvalue weighted by Gasteiger charge is 2.24. The van der Waals surface area contributed by atoms with E-state index in [0.717, 1.165) is 5.56 Å². The van der Waals surface area contributed by atoms with Crippen molar-refractivity contribution in [1.29, 1.82) is 0 Å². The number of halogens is 1.